The van der Waals surface area contributed by atoms with E-state index in [2.05, 4.69) is 9.68 Å². The molecule has 2 aromatic rings. The van der Waals surface area contributed by atoms with Crippen molar-refractivity contribution in [2.45, 2.75) is 6.92 Å². The van der Waals surface area contributed by atoms with Crippen molar-refractivity contribution in [3.63, 3.8) is 0 Å². The highest BCUT2D eigenvalue weighted by Crippen LogP contribution is 2.35. The Morgan fingerprint density at radius 3 is 2.56 bits per heavy atom. The maximum atomic E-state index is 10.8. The van der Waals surface area contributed by atoms with E-state index in [-0.39, 0.29) is 11.1 Å². The summed E-state index contributed by atoms with van der Waals surface area (Å²) in [6, 6.07) is 1.08. The van der Waals surface area contributed by atoms with Crippen LogP contribution in [0.1, 0.15) is 5.56 Å². The zero-order valence-corrected chi connectivity index (χ0v) is 8.04. The van der Waals surface area contributed by atoms with E-state index in [0.29, 0.717) is 5.39 Å². The quantitative estimate of drug-likeness (QED) is 0.567. The van der Waals surface area contributed by atoms with Gasteiger partial charge in [-0.3, -0.25) is 20.2 Å². The Kier molecular flexibility index (Phi) is 2.04. The second-order valence-electron chi connectivity index (χ2n) is 3.14. The van der Waals surface area contributed by atoms with E-state index < -0.39 is 21.2 Å². The van der Waals surface area contributed by atoms with Crippen LogP contribution in [0.3, 0.4) is 0 Å². The molecule has 0 amide bonds. The minimum atomic E-state index is -0.794. The van der Waals surface area contributed by atoms with Gasteiger partial charge in [-0.15, -0.1) is 0 Å². The van der Waals surface area contributed by atoms with Crippen molar-refractivity contribution in [1.82, 2.24) is 5.16 Å². The largest absolute Gasteiger partial charge is 0.363 e. The van der Waals surface area contributed by atoms with E-state index in [1.165, 1.54) is 13.2 Å². The topological polar surface area (TPSA) is 112 Å². The van der Waals surface area contributed by atoms with E-state index in [0.717, 1.165) is 6.07 Å². The van der Waals surface area contributed by atoms with Gasteiger partial charge in [0, 0.05) is 11.5 Å². The molecule has 2 rings (SSSR count). The molecule has 0 atom stereocenters. The number of nitro benzene ring substituents is 2. The number of hydrogen-bond acceptors (Lipinski definition) is 6. The first-order valence-corrected chi connectivity index (χ1v) is 4.19. The summed E-state index contributed by atoms with van der Waals surface area (Å²) in [6.07, 6.45) is 1.21. The van der Waals surface area contributed by atoms with Gasteiger partial charge < -0.3 is 4.52 Å². The average Bonchev–Trinajstić information content (AvgIpc) is 2.64. The summed E-state index contributed by atoms with van der Waals surface area (Å²) < 4.78 is 4.62. The molecule has 0 spiro atoms. The molecule has 0 fully saturated rings. The van der Waals surface area contributed by atoms with Crippen molar-refractivity contribution >= 4 is 22.3 Å². The Balaban J connectivity index is 2.91. The van der Waals surface area contributed by atoms with E-state index in [1.54, 1.807) is 0 Å². The number of fused-ring (bicyclic) bond motifs is 1. The monoisotopic (exact) mass is 223 g/mol. The van der Waals surface area contributed by atoms with Crippen LogP contribution in [0.25, 0.3) is 10.9 Å². The molecule has 1 heterocycles. The first-order valence-electron chi connectivity index (χ1n) is 4.19. The van der Waals surface area contributed by atoms with Crippen LogP contribution in [-0.4, -0.2) is 15.0 Å². The lowest BCUT2D eigenvalue weighted by Gasteiger charge is -1.98. The number of nitrogens with zero attached hydrogens (tertiary/aromatic N) is 3. The number of nitro groups is 2. The molecule has 0 aliphatic carbocycles. The predicted molar refractivity (Wildman–Crippen MR) is 52.1 cm³/mol. The van der Waals surface area contributed by atoms with Crippen LogP contribution in [-0.2, 0) is 0 Å². The van der Waals surface area contributed by atoms with Crippen LogP contribution in [0.2, 0.25) is 0 Å². The summed E-state index contributed by atoms with van der Waals surface area (Å²) >= 11 is 0. The highest BCUT2D eigenvalue weighted by Gasteiger charge is 2.29. The van der Waals surface area contributed by atoms with Crippen LogP contribution in [0.4, 0.5) is 11.4 Å². The van der Waals surface area contributed by atoms with E-state index in [1.807, 2.05) is 0 Å². The van der Waals surface area contributed by atoms with Crippen LogP contribution >= 0.6 is 0 Å². The molecule has 82 valence electrons. The molecule has 16 heavy (non-hydrogen) atoms. The molecule has 0 saturated heterocycles. The Bertz CT molecular complexity index is 603. The van der Waals surface area contributed by atoms with Gasteiger partial charge in [0.25, 0.3) is 0 Å². The number of hydrogen-bond donors (Lipinski definition) is 0. The number of aryl methyl sites for hydroxylation is 1. The van der Waals surface area contributed by atoms with Gasteiger partial charge >= 0.3 is 11.4 Å². The van der Waals surface area contributed by atoms with E-state index in [4.69, 9.17) is 0 Å². The van der Waals surface area contributed by atoms with Gasteiger partial charge in [-0.1, -0.05) is 5.16 Å². The molecule has 0 unspecified atom stereocenters. The lowest BCUT2D eigenvalue weighted by atomic mass is 10.1. The van der Waals surface area contributed by atoms with Gasteiger partial charge in [0.05, 0.1) is 15.4 Å². The lowest BCUT2D eigenvalue weighted by Crippen LogP contribution is -1.99. The molecule has 0 N–H and O–H groups in total. The molecule has 1 aromatic heterocycles. The predicted octanol–water partition coefficient (Wildman–Crippen LogP) is 1.95. The first kappa shape index (κ1) is 10.0. The Labute approximate surface area is 87.7 Å². The molecule has 1 aromatic carbocycles. The van der Waals surface area contributed by atoms with Crippen LogP contribution in [0, 0.1) is 27.2 Å². The summed E-state index contributed by atoms with van der Waals surface area (Å²) in [5.41, 5.74) is -0.718. The number of rotatable bonds is 2. The van der Waals surface area contributed by atoms with Gasteiger partial charge in [-0.05, 0) is 6.92 Å². The number of benzene rings is 1. The normalized spacial score (nSPS) is 10.6. The zero-order chi connectivity index (χ0) is 11.9. The first-order chi connectivity index (χ1) is 7.52. The van der Waals surface area contributed by atoms with E-state index >= 15 is 0 Å². The molecule has 0 aliphatic heterocycles. The summed E-state index contributed by atoms with van der Waals surface area (Å²) in [5.74, 6) is 0. The third-order valence-electron chi connectivity index (χ3n) is 2.22. The van der Waals surface area contributed by atoms with Crippen molar-refractivity contribution < 1.29 is 14.4 Å². The van der Waals surface area contributed by atoms with Crippen molar-refractivity contribution in [1.29, 1.82) is 0 Å². The molecule has 0 aliphatic rings. The molecule has 8 heteroatoms. The fourth-order valence-electron chi connectivity index (χ4n) is 1.52. The minimum Gasteiger partial charge on any atom is -0.363 e. The summed E-state index contributed by atoms with van der Waals surface area (Å²) in [4.78, 5) is 19.9. The van der Waals surface area contributed by atoms with Crippen molar-refractivity contribution in [2.24, 2.45) is 0 Å². The van der Waals surface area contributed by atoms with Crippen molar-refractivity contribution in [3.8, 4) is 0 Å². The fraction of sp³-hybridized carbons (Fsp3) is 0.125. The minimum absolute atomic E-state index is 0.128. The van der Waals surface area contributed by atoms with Crippen LogP contribution in [0.5, 0.6) is 0 Å². The van der Waals surface area contributed by atoms with Crippen LogP contribution in [0.15, 0.2) is 16.9 Å². The Hall–Kier alpha value is -2.51. The smallest absolute Gasteiger partial charge is 0.351 e. The summed E-state index contributed by atoms with van der Waals surface area (Å²) in [6.45, 7) is 1.40. The molecular weight excluding hydrogens is 218 g/mol. The third-order valence-corrected chi connectivity index (χ3v) is 2.22. The summed E-state index contributed by atoms with van der Waals surface area (Å²) in [5, 5.41) is 25.4. The second-order valence-corrected chi connectivity index (χ2v) is 3.14. The highest BCUT2D eigenvalue weighted by molar-refractivity contribution is 5.88. The molecule has 0 bridgehead atoms. The molecule has 0 radical (unpaired) electrons. The SMILES string of the molecule is Cc1c([N+](=O)[O-])c([N+](=O)[O-])cc2conc12. The van der Waals surface area contributed by atoms with Gasteiger partial charge in [0.15, 0.2) is 0 Å². The second kappa shape index (κ2) is 3.26. The average molecular weight is 223 g/mol. The summed E-state index contributed by atoms with van der Waals surface area (Å²) in [7, 11) is 0. The standard InChI is InChI=1S/C8H5N3O5/c1-4-7-5(3-16-9-7)2-6(10(12)13)8(4)11(14)15/h2-3H,1H3. The maximum absolute atomic E-state index is 10.8. The van der Waals surface area contributed by atoms with Crippen LogP contribution < -0.4 is 0 Å². The third kappa shape index (κ3) is 1.28. The lowest BCUT2D eigenvalue weighted by molar-refractivity contribution is -0.422. The fourth-order valence-corrected chi connectivity index (χ4v) is 1.52. The van der Waals surface area contributed by atoms with Gasteiger partial charge in [-0.25, -0.2) is 0 Å². The molecule has 0 saturated carbocycles. The molecule has 8 nitrogen and oxygen atoms in total. The van der Waals surface area contributed by atoms with Crippen molar-refractivity contribution in [3.05, 3.63) is 38.1 Å². The van der Waals surface area contributed by atoms with Gasteiger partial charge in [-0.2, -0.15) is 0 Å². The van der Waals surface area contributed by atoms with Gasteiger partial charge in [0.2, 0.25) is 0 Å². The van der Waals surface area contributed by atoms with Crippen molar-refractivity contribution in [2.75, 3.05) is 0 Å². The Morgan fingerprint density at radius 1 is 1.31 bits per heavy atom. The highest BCUT2D eigenvalue weighted by atomic mass is 16.6. The number of aromatic nitrogens is 1. The zero-order valence-electron chi connectivity index (χ0n) is 8.04. The maximum Gasteiger partial charge on any atom is 0.351 e. The van der Waals surface area contributed by atoms with E-state index in [9.17, 15) is 20.2 Å². The molecular formula is C8H5N3O5. The Morgan fingerprint density at radius 2 is 2.00 bits per heavy atom. The van der Waals surface area contributed by atoms with Gasteiger partial charge in [0.1, 0.15) is 11.8 Å².